The molecule has 2 rings (SSSR count). The lowest BCUT2D eigenvalue weighted by Gasteiger charge is -2.20. The Morgan fingerprint density at radius 2 is 1.61 bits per heavy atom. The van der Waals surface area contributed by atoms with Crippen LogP contribution in [0.1, 0.15) is 51.8 Å². The zero-order chi connectivity index (χ0) is 21.1. The number of hydrogen-bond acceptors (Lipinski definition) is 5. The first-order chi connectivity index (χ1) is 13.0. The maximum absolute atomic E-state index is 11.9. The Morgan fingerprint density at radius 1 is 0.964 bits per heavy atom. The van der Waals surface area contributed by atoms with Crippen LogP contribution in [0.15, 0.2) is 36.4 Å². The topological polar surface area (TPSA) is 130 Å². The van der Waals surface area contributed by atoms with E-state index in [0.29, 0.717) is 11.8 Å². The first-order valence-electron chi connectivity index (χ1n) is 8.22. The highest BCUT2D eigenvalue weighted by Gasteiger charge is 2.20. The molecule has 146 valence electrons. The van der Waals surface area contributed by atoms with Crippen molar-refractivity contribution in [2.24, 2.45) is 0 Å². The number of rotatable bonds is 5. The molecule has 1 amide bonds. The number of anilines is 1. The van der Waals surface area contributed by atoms with Gasteiger partial charge in [0.05, 0.1) is 16.8 Å². The minimum Gasteiger partial charge on any atom is -0.478 e. The molecule has 28 heavy (non-hydrogen) atoms. The molecular formula is C20H19NO7. The number of amides is 1. The van der Waals surface area contributed by atoms with E-state index in [0.717, 1.165) is 0 Å². The molecule has 0 spiro atoms. The van der Waals surface area contributed by atoms with Gasteiger partial charge in [0.2, 0.25) is 0 Å². The zero-order valence-electron chi connectivity index (χ0n) is 15.5. The summed E-state index contributed by atoms with van der Waals surface area (Å²) in [5, 5.41) is 21.3. The molecule has 0 saturated carbocycles. The van der Waals surface area contributed by atoms with E-state index in [9.17, 15) is 29.4 Å². The Bertz CT molecular complexity index is 958. The molecule has 8 nitrogen and oxygen atoms in total. The Morgan fingerprint density at radius 3 is 2.14 bits per heavy atom. The third kappa shape index (κ3) is 4.94. The number of carbonyl (C=O) groups excluding carboxylic acids is 2. The van der Waals surface area contributed by atoms with Gasteiger partial charge in [0.25, 0.3) is 0 Å². The van der Waals surface area contributed by atoms with Gasteiger partial charge < -0.3 is 14.9 Å². The van der Waals surface area contributed by atoms with Crippen LogP contribution < -0.4 is 5.32 Å². The van der Waals surface area contributed by atoms with Gasteiger partial charge in [-0.15, -0.1) is 0 Å². The molecule has 0 aliphatic heterocycles. The number of carboxylic acid groups (broad SMARTS) is 2. The molecule has 0 aromatic heterocycles. The van der Waals surface area contributed by atoms with Crippen molar-refractivity contribution >= 4 is 30.0 Å². The lowest BCUT2D eigenvalue weighted by molar-refractivity contribution is 0.0634. The smallest absolute Gasteiger partial charge is 0.412 e. The van der Waals surface area contributed by atoms with Crippen LogP contribution in [0.3, 0.4) is 0 Å². The van der Waals surface area contributed by atoms with Gasteiger partial charge in [-0.1, -0.05) is 18.2 Å². The lowest BCUT2D eigenvalue weighted by atomic mass is 9.95. The summed E-state index contributed by atoms with van der Waals surface area (Å²) in [6.45, 7) is 5.01. The van der Waals surface area contributed by atoms with E-state index in [1.54, 1.807) is 20.8 Å². The van der Waals surface area contributed by atoms with Gasteiger partial charge in [0.1, 0.15) is 11.9 Å². The molecule has 0 fully saturated rings. The molecule has 0 bridgehead atoms. The summed E-state index contributed by atoms with van der Waals surface area (Å²) in [6.07, 6.45) is -0.295. The van der Waals surface area contributed by atoms with Gasteiger partial charge in [0, 0.05) is 5.56 Å². The van der Waals surface area contributed by atoms with Crippen molar-refractivity contribution in [3.05, 3.63) is 53.1 Å². The number of carboxylic acids is 2. The van der Waals surface area contributed by atoms with Crippen LogP contribution in [0.4, 0.5) is 10.5 Å². The summed E-state index contributed by atoms with van der Waals surface area (Å²) in [4.78, 5) is 46.0. The zero-order valence-corrected chi connectivity index (χ0v) is 15.5. The number of nitrogens with one attached hydrogen (secondary N) is 1. The molecule has 0 atom stereocenters. The molecule has 3 N–H and O–H groups in total. The van der Waals surface area contributed by atoms with Gasteiger partial charge in [-0.05, 0) is 50.1 Å². The second kappa shape index (κ2) is 7.91. The van der Waals surface area contributed by atoms with Gasteiger partial charge in [-0.25, -0.2) is 14.4 Å². The fourth-order valence-corrected chi connectivity index (χ4v) is 2.48. The van der Waals surface area contributed by atoms with Crippen molar-refractivity contribution in [3.63, 3.8) is 0 Å². The van der Waals surface area contributed by atoms with Gasteiger partial charge in [0.15, 0.2) is 0 Å². The molecule has 2 aromatic carbocycles. The normalized spacial score (nSPS) is 10.8. The van der Waals surface area contributed by atoms with E-state index < -0.39 is 23.6 Å². The Hall–Kier alpha value is -3.68. The quantitative estimate of drug-likeness (QED) is 0.665. The van der Waals surface area contributed by atoms with Gasteiger partial charge in [-0.2, -0.15) is 0 Å². The number of benzene rings is 2. The van der Waals surface area contributed by atoms with Crippen LogP contribution >= 0.6 is 0 Å². The van der Waals surface area contributed by atoms with Gasteiger partial charge in [-0.3, -0.25) is 10.1 Å². The fourth-order valence-electron chi connectivity index (χ4n) is 2.48. The van der Waals surface area contributed by atoms with Crippen LogP contribution in [-0.4, -0.2) is 40.1 Å². The maximum atomic E-state index is 11.9. The number of aromatic carboxylic acids is 2. The highest BCUT2D eigenvalue weighted by molar-refractivity contribution is 6.02. The van der Waals surface area contributed by atoms with Crippen LogP contribution in [0.2, 0.25) is 0 Å². The van der Waals surface area contributed by atoms with E-state index in [4.69, 9.17) is 4.74 Å². The molecule has 0 heterocycles. The first-order valence-corrected chi connectivity index (χ1v) is 8.22. The molecule has 2 aromatic rings. The number of aldehydes is 1. The summed E-state index contributed by atoms with van der Waals surface area (Å²) in [7, 11) is 0. The Balaban J connectivity index is 2.48. The maximum Gasteiger partial charge on any atom is 0.412 e. The highest BCUT2D eigenvalue weighted by Crippen LogP contribution is 2.29. The highest BCUT2D eigenvalue weighted by atomic mass is 16.6. The third-order valence-electron chi connectivity index (χ3n) is 3.61. The molecule has 0 aliphatic rings. The summed E-state index contributed by atoms with van der Waals surface area (Å²) < 4.78 is 5.11. The van der Waals surface area contributed by atoms with Gasteiger partial charge >= 0.3 is 18.0 Å². The molecular weight excluding hydrogens is 366 g/mol. The molecule has 0 radical (unpaired) electrons. The van der Waals surface area contributed by atoms with Crippen LogP contribution in [-0.2, 0) is 4.74 Å². The fraction of sp³-hybridized carbons (Fsp3) is 0.200. The van der Waals surface area contributed by atoms with Crippen LogP contribution in [0.5, 0.6) is 0 Å². The number of hydrogen-bond donors (Lipinski definition) is 3. The third-order valence-corrected chi connectivity index (χ3v) is 3.61. The monoisotopic (exact) mass is 385 g/mol. The summed E-state index contributed by atoms with van der Waals surface area (Å²) >= 11 is 0. The molecule has 0 aliphatic carbocycles. The average Bonchev–Trinajstić information content (AvgIpc) is 2.59. The average molecular weight is 385 g/mol. The van der Waals surface area contributed by atoms with E-state index in [-0.39, 0.29) is 27.9 Å². The van der Waals surface area contributed by atoms with E-state index >= 15 is 0 Å². The summed E-state index contributed by atoms with van der Waals surface area (Å²) in [5.74, 6) is -2.57. The predicted octanol–water partition coefficient (Wildman–Crippen LogP) is 3.91. The SMILES string of the molecule is CC(C)(C)OC(=O)Nc1ccc(-c2ccc(C=O)cc2C(=O)O)cc1C(=O)O. The second-order valence-corrected chi connectivity index (χ2v) is 6.92. The van der Waals surface area contributed by atoms with Crippen molar-refractivity contribution in [1.82, 2.24) is 0 Å². The second-order valence-electron chi connectivity index (χ2n) is 6.92. The standard InChI is InChI=1S/C20H19NO7/c1-20(2,3)28-19(27)21-16-7-5-12(9-15(16)18(25)26)13-6-4-11(10-22)8-14(13)17(23)24/h4-10H,1-3H3,(H,21,27)(H,23,24)(H,25,26). The minimum atomic E-state index is -1.31. The largest absolute Gasteiger partial charge is 0.478 e. The van der Waals surface area contributed by atoms with E-state index in [2.05, 4.69) is 5.32 Å². The van der Waals surface area contributed by atoms with E-state index in [1.165, 1.54) is 36.4 Å². The van der Waals surface area contributed by atoms with Crippen LogP contribution in [0.25, 0.3) is 11.1 Å². The Labute approximate surface area is 160 Å². The van der Waals surface area contributed by atoms with Crippen molar-refractivity contribution in [2.75, 3.05) is 5.32 Å². The van der Waals surface area contributed by atoms with Crippen molar-refractivity contribution in [1.29, 1.82) is 0 Å². The summed E-state index contributed by atoms with van der Waals surface area (Å²) in [5.41, 5.74) is -0.404. The Kier molecular flexibility index (Phi) is 5.83. The van der Waals surface area contributed by atoms with Crippen molar-refractivity contribution < 1.29 is 34.1 Å². The number of ether oxygens (including phenoxy) is 1. The summed E-state index contributed by atoms with van der Waals surface area (Å²) in [6, 6.07) is 8.13. The molecule has 8 heteroatoms. The molecule has 0 unspecified atom stereocenters. The lowest BCUT2D eigenvalue weighted by Crippen LogP contribution is -2.27. The molecule has 0 saturated heterocycles. The first kappa shape index (κ1) is 20.6. The van der Waals surface area contributed by atoms with E-state index in [1.807, 2.05) is 0 Å². The minimum absolute atomic E-state index is 0.00638. The predicted molar refractivity (Wildman–Crippen MR) is 101 cm³/mol. The van der Waals surface area contributed by atoms with Crippen molar-refractivity contribution in [3.8, 4) is 11.1 Å². The van der Waals surface area contributed by atoms with Crippen molar-refractivity contribution in [2.45, 2.75) is 26.4 Å². The van der Waals surface area contributed by atoms with Crippen LogP contribution in [0, 0.1) is 0 Å². The number of carbonyl (C=O) groups is 4.